The highest BCUT2D eigenvalue weighted by atomic mass is 16.4. The van der Waals surface area contributed by atoms with E-state index >= 15 is 0 Å². The van der Waals surface area contributed by atoms with Crippen molar-refractivity contribution in [2.24, 2.45) is 0 Å². The van der Waals surface area contributed by atoms with Crippen LogP contribution in [-0.4, -0.2) is 23.5 Å². The van der Waals surface area contributed by atoms with Gasteiger partial charge in [0, 0.05) is 18.9 Å². The number of aromatic carboxylic acids is 1. The summed E-state index contributed by atoms with van der Waals surface area (Å²) in [5.41, 5.74) is 4.03. The number of carbonyl (C=O) groups is 2. The molecule has 4 nitrogen and oxygen atoms in total. The lowest BCUT2D eigenvalue weighted by atomic mass is 9.83. The first kappa shape index (κ1) is 17.2. The number of carboxylic acid groups (broad SMARTS) is 1. The molecule has 0 aromatic heterocycles. The Morgan fingerprint density at radius 3 is 2.60 bits per heavy atom. The van der Waals surface area contributed by atoms with Crippen molar-refractivity contribution < 1.29 is 14.7 Å². The van der Waals surface area contributed by atoms with Gasteiger partial charge in [-0.2, -0.15) is 0 Å². The van der Waals surface area contributed by atoms with E-state index in [1.807, 2.05) is 0 Å². The highest BCUT2D eigenvalue weighted by Crippen LogP contribution is 2.30. The second kappa shape index (κ2) is 7.97. The van der Waals surface area contributed by atoms with Crippen molar-refractivity contribution in [2.45, 2.75) is 38.0 Å². The van der Waals surface area contributed by atoms with Crippen LogP contribution in [-0.2, 0) is 17.6 Å². The average molecular weight is 337 g/mol. The molecule has 0 saturated heterocycles. The van der Waals surface area contributed by atoms with Crippen molar-refractivity contribution >= 4 is 11.9 Å². The summed E-state index contributed by atoms with van der Waals surface area (Å²) in [6.07, 6.45) is 4.46. The van der Waals surface area contributed by atoms with Crippen molar-refractivity contribution in [3.8, 4) is 0 Å². The predicted molar refractivity (Wildman–Crippen MR) is 96.9 cm³/mol. The SMILES string of the molecule is O=C(CCc1ccc(C(=O)O)cc1)NCC1CCCc2ccccc21. The second-order valence-corrected chi connectivity index (χ2v) is 6.59. The van der Waals surface area contributed by atoms with E-state index in [0.29, 0.717) is 25.3 Å². The summed E-state index contributed by atoms with van der Waals surface area (Å²) in [6.45, 7) is 0.688. The summed E-state index contributed by atoms with van der Waals surface area (Å²) in [4.78, 5) is 23.0. The maximum Gasteiger partial charge on any atom is 0.335 e. The fraction of sp³-hybridized carbons (Fsp3) is 0.333. The topological polar surface area (TPSA) is 66.4 Å². The van der Waals surface area contributed by atoms with Crippen LogP contribution in [0.25, 0.3) is 0 Å². The molecular formula is C21H23NO3. The summed E-state index contributed by atoms with van der Waals surface area (Å²) in [5.74, 6) is -0.480. The number of amides is 1. The van der Waals surface area contributed by atoms with Gasteiger partial charge in [0.05, 0.1) is 5.56 Å². The number of benzene rings is 2. The maximum atomic E-state index is 12.1. The molecule has 0 aliphatic heterocycles. The number of rotatable bonds is 6. The number of hydrogen-bond acceptors (Lipinski definition) is 2. The first-order valence-corrected chi connectivity index (χ1v) is 8.80. The number of fused-ring (bicyclic) bond motifs is 1. The van der Waals surface area contributed by atoms with Crippen LogP contribution >= 0.6 is 0 Å². The standard InChI is InChI=1S/C21H23NO3/c23-20(13-10-15-8-11-17(12-9-15)21(24)25)22-14-18-6-3-5-16-4-1-2-7-19(16)18/h1-2,4,7-9,11-12,18H,3,5-6,10,13-14H2,(H,22,23)(H,24,25). The molecule has 1 amide bonds. The van der Waals surface area contributed by atoms with Crippen molar-refractivity contribution in [3.05, 3.63) is 70.8 Å². The molecule has 1 unspecified atom stereocenters. The van der Waals surface area contributed by atoms with Crippen molar-refractivity contribution in [1.29, 1.82) is 0 Å². The van der Waals surface area contributed by atoms with E-state index in [1.54, 1.807) is 24.3 Å². The lowest BCUT2D eigenvalue weighted by Gasteiger charge is -2.25. The third kappa shape index (κ3) is 4.47. The van der Waals surface area contributed by atoms with Gasteiger partial charge in [0.25, 0.3) is 0 Å². The van der Waals surface area contributed by atoms with Crippen molar-refractivity contribution in [2.75, 3.05) is 6.54 Å². The van der Waals surface area contributed by atoms with E-state index in [-0.39, 0.29) is 11.5 Å². The largest absolute Gasteiger partial charge is 0.478 e. The van der Waals surface area contributed by atoms with Gasteiger partial charge in [-0.1, -0.05) is 36.4 Å². The van der Waals surface area contributed by atoms with E-state index in [0.717, 1.165) is 18.4 Å². The van der Waals surface area contributed by atoms with Crippen LogP contribution < -0.4 is 5.32 Å². The van der Waals surface area contributed by atoms with Gasteiger partial charge in [0.15, 0.2) is 0 Å². The Labute approximate surface area is 147 Å². The third-order valence-corrected chi connectivity index (χ3v) is 4.88. The van der Waals surface area contributed by atoms with Gasteiger partial charge >= 0.3 is 5.97 Å². The Morgan fingerprint density at radius 1 is 1.08 bits per heavy atom. The molecule has 1 aliphatic rings. The third-order valence-electron chi connectivity index (χ3n) is 4.88. The van der Waals surface area contributed by atoms with Crippen LogP contribution in [0.3, 0.4) is 0 Å². The van der Waals surface area contributed by atoms with E-state index in [1.165, 1.54) is 17.5 Å². The van der Waals surface area contributed by atoms with Gasteiger partial charge in [0.2, 0.25) is 5.91 Å². The normalized spacial score (nSPS) is 16.1. The molecule has 130 valence electrons. The zero-order valence-electron chi connectivity index (χ0n) is 14.2. The molecule has 1 atom stereocenters. The fourth-order valence-electron chi connectivity index (χ4n) is 3.46. The second-order valence-electron chi connectivity index (χ2n) is 6.59. The number of aryl methyl sites for hydroxylation is 2. The monoisotopic (exact) mass is 337 g/mol. The Kier molecular flexibility index (Phi) is 5.49. The predicted octanol–water partition coefficient (Wildman–Crippen LogP) is 3.55. The maximum absolute atomic E-state index is 12.1. The van der Waals surface area contributed by atoms with Gasteiger partial charge in [-0.15, -0.1) is 0 Å². The molecule has 0 saturated carbocycles. The van der Waals surface area contributed by atoms with Gasteiger partial charge in [-0.25, -0.2) is 4.79 Å². The minimum Gasteiger partial charge on any atom is -0.478 e. The van der Waals surface area contributed by atoms with E-state index < -0.39 is 5.97 Å². The smallest absolute Gasteiger partial charge is 0.335 e. The summed E-state index contributed by atoms with van der Waals surface area (Å²) < 4.78 is 0. The Bertz CT molecular complexity index is 752. The van der Waals surface area contributed by atoms with Crippen LogP contribution in [0.1, 0.15) is 52.2 Å². The molecule has 0 heterocycles. The molecule has 0 spiro atoms. The molecule has 3 rings (SSSR count). The zero-order valence-corrected chi connectivity index (χ0v) is 14.2. The Balaban J connectivity index is 1.48. The highest BCUT2D eigenvalue weighted by molar-refractivity contribution is 5.87. The Morgan fingerprint density at radius 2 is 1.84 bits per heavy atom. The Hall–Kier alpha value is -2.62. The zero-order chi connectivity index (χ0) is 17.6. The fourth-order valence-corrected chi connectivity index (χ4v) is 3.46. The summed E-state index contributed by atoms with van der Waals surface area (Å²) in [7, 11) is 0. The van der Waals surface area contributed by atoms with Crippen molar-refractivity contribution in [3.63, 3.8) is 0 Å². The van der Waals surface area contributed by atoms with Crippen LogP contribution in [0.4, 0.5) is 0 Å². The molecule has 0 radical (unpaired) electrons. The molecule has 2 aromatic carbocycles. The lowest BCUT2D eigenvalue weighted by molar-refractivity contribution is -0.121. The molecule has 25 heavy (non-hydrogen) atoms. The van der Waals surface area contributed by atoms with E-state index in [2.05, 4.69) is 29.6 Å². The average Bonchev–Trinajstić information content (AvgIpc) is 2.65. The number of hydrogen-bond donors (Lipinski definition) is 2. The van der Waals surface area contributed by atoms with E-state index in [9.17, 15) is 9.59 Å². The minimum absolute atomic E-state index is 0.0466. The van der Waals surface area contributed by atoms with E-state index in [4.69, 9.17) is 5.11 Å². The summed E-state index contributed by atoms with van der Waals surface area (Å²) in [5, 5.41) is 12.0. The van der Waals surface area contributed by atoms with Gasteiger partial charge in [-0.3, -0.25) is 4.79 Å². The van der Waals surface area contributed by atoms with Gasteiger partial charge in [0.1, 0.15) is 0 Å². The molecule has 0 fully saturated rings. The summed E-state index contributed by atoms with van der Waals surface area (Å²) in [6, 6.07) is 15.2. The van der Waals surface area contributed by atoms with Gasteiger partial charge < -0.3 is 10.4 Å². The number of carboxylic acids is 1. The van der Waals surface area contributed by atoms with Crippen LogP contribution in [0.2, 0.25) is 0 Å². The quantitative estimate of drug-likeness (QED) is 0.847. The molecule has 1 aliphatic carbocycles. The van der Waals surface area contributed by atoms with Crippen LogP contribution in [0.15, 0.2) is 48.5 Å². The minimum atomic E-state index is -0.933. The molecule has 2 N–H and O–H groups in total. The summed E-state index contributed by atoms with van der Waals surface area (Å²) >= 11 is 0. The molecule has 2 aromatic rings. The van der Waals surface area contributed by atoms with Gasteiger partial charge in [-0.05, 0) is 54.5 Å². The number of nitrogens with one attached hydrogen (secondary N) is 1. The number of carbonyl (C=O) groups excluding carboxylic acids is 1. The van der Waals surface area contributed by atoms with Crippen LogP contribution in [0, 0.1) is 0 Å². The molecule has 0 bridgehead atoms. The highest BCUT2D eigenvalue weighted by Gasteiger charge is 2.20. The molecular weight excluding hydrogens is 314 g/mol. The first-order chi connectivity index (χ1) is 12.1. The first-order valence-electron chi connectivity index (χ1n) is 8.80. The lowest BCUT2D eigenvalue weighted by Crippen LogP contribution is -2.30. The van der Waals surface area contributed by atoms with Crippen LogP contribution in [0.5, 0.6) is 0 Å². The molecule has 4 heteroatoms. The van der Waals surface area contributed by atoms with Crippen molar-refractivity contribution in [1.82, 2.24) is 5.32 Å².